The van der Waals surface area contributed by atoms with Gasteiger partial charge in [0.15, 0.2) is 0 Å². The summed E-state index contributed by atoms with van der Waals surface area (Å²) in [5, 5.41) is 4.10. The Morgan fingerprint density at radius 1 is 1.31 bits per heavy atom. The molecule has 0 amide bonds. The monoisotopic (exact) mass is 326 g/mol. The van der Waals surface area contributed by atoms with Gasteiger partial charge in [-0.15, -0.1) is 0 Å². The van der Waals surface area contributed by atoms with E-state index in [1.54, 1.807) is 12.3 Å². The molecule has 0 saturated heterocycles. The summed E-state index contributed by atoms with van der Waals surface area (Å²) in [4.78, 5) is 11.6. The first kappa shape index (κ1) is 11.3. The first-order chi connectivity index (χ1) is 7.65. The molecule has 2 aromatic rings. The van der Waals surface area contributed by atoms with E-state index in [2.05, 4.69) is 27.7 Å². The fourth-order valence-electron chi connectivity index (χ4n) is 1.41. The number of rotatable bonds is 2. The van der Waals surface area contributed by atoms with Crippen LogP contribution in [-0.4, -0.2) is 9.78 Å². The molecule has 0 spiro atoms. The van der Waals surface area contributed by atoms with Crippen molar-refractivity contribution in [3.05, 3.63) is 61.6 Å². The molecule has 0 saturated carbocycles. The number of halogens is 1. The van der Waals surface area contributed by atoms with Crippen molar-refractivity contribution in [2.24, 2.45) is 0 Å². The summed E-state index contributed by atoms with van der Waals surface area (Å²) in [7, 11) is 0. The van der Waals surface area contributed by atoms with E-state index in [0.29, 0.717) is 6.54 Å². The average molecular weight is 326 g/mol. The summed E-state index contributed by atoms with van der Waals surface area (Å²) < 4.78 is 2.65. The van der Waals surface area contributed by atoms with Gasteiger partial charge in [-0.3, -0.25) is 4.79 Å². The van der Waals surface area contributed by atoms with Crippen LogP contribution in [0.5, 0.6) is 0 Å². The third kappa shape index (κ3) is 2.69. The van der Waals surface area contributed by atoms with Crippen LogP contribution < -0.4 is 5.56 Å². The number of hydrogen-bond acceptors (Lipinski definition) is 2. The maximum atomic E-state index is 11.6. The van der Waals surface area contributed by atoms with Crippen molar-refractivity contribution < 1.29 is 0 Å². The molecular weight excluding hydrogens is 315 g/mol. The zero-order chi connectivity index (χ0) is 11.5. The van der Waals surface area contributed by atoms with Crippen LogP contribution in [0.3, 0.4) is 0 Å². The van der Waals surface area contributed by atoms with E-state index in [1.807, 2.05) is 31.2 Å². The van der Waals surface area contributed by atoms with Gasteiger partial charge in [0.05, 0.1) is 12.7 Å². The molecule has 0 aliphatic heterocycles. The molecular formula is C12H11IN2O. The molecule has 0 radical (unpaired) electrons. The quantitative estimate of drug-likeness (QED) is 0.793. The van der Waals surface area contributed by atoms with Crippen LogP contribution in [0.25, 0.3) is 0 Å². The lowest BCUT2D eigenvalue weighted by Gasteiger charge is -2.04. The molecule has 0 unspecified atom stereocenters. The molecule has 1 aromatic carbocycles. The topological polar surface area (TPSA) is 34.9 Å². The second-order valence-corrected chi connectivity index (χ2v) is 4.90. The highest BCUT2D eigenvalue weighted by Crippen LogP contribution is 2.07. The van der Waals surface area contributed by atoms with Crippen LogP contribution in [0.15, 0.2) is 41.3 Å². The highest BCUT2D eigenvalue weighted by molar-refractivity contribution is 14.1. The molecule has 2 rings (SSSR count). The van der Waals surface area contributed by atoms with Crippen molar-refractivity contribution in [3.63, 3.8) is 0 Å². The van der Waals surface area contributed by atoms with Crippen LogP contribution in [-0.2, 0) is 6.54 Å². The van der Waals surface area contributed by atoms with Gasteiger partial charge in [0.1, 0.15) is 0 Å². The second-order valence-electron chi connectivity index (χ2n) is 3.66. The van der Waals surface area contributed by atoms with Crippen molar-refractivity contribution in [2.75, 3.05) is 0 Å². The summed E-state index contributed by atoms with van der Waals surface area (Å²) in [6.07, 6.45) is 1.70. The lowest BCUT2D eigenvalue weighted by Crippen LogP contribution is -2.22. The molecule has 4 heteroatoms. The molecule has 0 atom stereocenters. The molecule has 0 fully saturated rings. The van der Waals surface area contributed by atoms with Gasteiger partial charge in [-0.25, -0.2) is 4.68 Å². The van der Waals surface area contributed by atoms with E-state index in [4.69, 9.17) is 0 Å². The molecule has 1 heterocycles. The molecule has 82 valence electrons. The second kappa shape index (κ2) is 4.78. The third-order valence-electron chi connectivity index (χ3n) is 2.25. The molecule has 0 aliphatic carbocycles. The molecule has 0 N–H and O–H groups in total. The first-order valence-corrected chi connectivity index (χ1v) is 6.01. The molecule has 0 bridgehead atoms. The minimum Gasteiger partial charge on any atom is -0.268 e. The number of aryl methyl sites for hydroxylation is 1. The van der Waals surface area contributed by atoms with E-state index >= 15 is 0 Å². The summed E-state index contributed by atoms with van der Waals surface area (Å²) >= 11 is 2.25. The lowest BCUT2D eigenvalue weighted by atomic mass is 10.2. The van der Waals surface area contributed by atoms with Crippen molar-refractivity contribution in [2.45, 2.75) is 13.5 Å². The predicted octanol–water partition coefficient (Wildman–Crippen LogP) is 2.20. The van der Waals surface area contributed by atoms with Crippen molar-refractivity contribution in [3.8, 4) is 0 Å². The molecule has 3 nitrogen and oxygen atoms in total. The minimum absolute atomic E-state index is 0.0569. The zero-order valence-electron chi connectivity index (χ0n) is 8.85. The molecule has 16 heavy (non-hydrogen) atoms. The minimum atomic E-state index is -0.0569. The van der Waals surface area contributed by atoms with Gasteiger partial charge in [-0.2, -0.15) is 5.10 Å². The highest BCUT2D eigenvalue weighted by Gasteiger charge is 1.99. The number of aromatic nitrogens is 2. The van der Waals surface area contributed by atoms with E-state index in [0.717, 1.165) is 11.1 Å². The summed E-state index contributed by atoms with van der Waals surface area (Å²) in [5.41, 5.74) is 1.92. The predicted molar refractivity (Wildman–Crippen MR) is 71.5 cm³/mol. The average Bonchev–Trinajstić information content (AvgIpc) is 2.25. The van der Waals surface area contributed by atoms with Crippen LogP contribution in [0.2, 0.25) is 0 Å². The SMILES string of the molecule is Cc1cnn(Cc2ccc(I)cc2)c(=O)c1. The Balaban J connectivity index is 2.27. The number of hydrogen-bond donors (Lipinski definition) is 0. The Hall–Kier alpha value is -1.17. The van der Waals surface area contributed by atoms with Gasteiger partial charge in [-0.05, 0) is 52.8 Å². The van der Waals surface area contributed by atoms with Gasteiger partial charge < -0.3 is 0 Å². The molecule has 1 aromatic heterocycles. The van der Waals surface area contributed by atoms with Gasteiger partial charge in [0.2, 0.25) is 0 Å². The van der Waals surface area contributed by atoms with Crippen LogP contribution in [0.1, 0.15) is 11.1 Å². The summed E-state index contributed by atoms with van der Waals surface area (Å²) in [5.74, 6) is 0. The Morgan fingerprint density at radius 3 is 2.62 bits per heavy atom. The zero-order valence-corrected chi connectivity index (χ0v) is 11.0. The standard InChI is InChI=1S/C12H11IN2O/c1-9-6-12(16)15(14-7-9)8-10-2-4-11(13)5-3-10/h2-7H,8H2,1H3. The number of nitrogens with zero attached hydrogens (tertiary/aromatic N) is 2. The fourth-order valence-corrected chi connectivity index (χ4v) is 1.77. The van der Waals surface area contributed by atoms with Crippen molar-refractivity contribution in [1.82, 2.24) is 9.78 Å². The van der Waals surface area contributed by atoms with Crippen LogP contribution in [0.4, 0.5) is 0 Å². The smallest absolute Gasteiger partial charge is 0.267 e. The van der Waals surface area contributed by atoms with Crippen molar-refractivity contribution >= 4 is 22.6 Å². The normalized spacial score (nSPS) is 10.4. The van der Waals surface area contributed by atoms with E-state index in [9.17, 15) is 4.79 Å². The van der Waals surface area contributed by atoms with Gasteiger partial charge >= 0.3 is 0 Å². The largest absolute Gasteiger partial charge is 0.268 e. The van der Waals surface area contributed by atoms with Gasteiger partial charge in [0, 0.05) is 9.64 Å². The fraction of sp³-hybridized carbons (Fsp3) is 0.167. The van der Waals surface area contributed by atoms with Crippen LogP contribution in [0, 0.1) is 10.5 Å². The van der Waals surface area contributed by atoms with E-state index < -0.39 is 0 Å². The van der Waals surface area contributed by atoms with Crippen molar-refractivity contribution in [1.29, 1.82) is 0 Å². The Bertz CT molecular complexity index is 546. The lowest BCUT2D eigenvalue weighted by molar-refractivity contribution is 0.636. The van der Waals surface area contributed by atoms with Gasteiger partial charge in [-0.1, -0.05) is 12.1 Å². The Labute approximate surface area is 107 Å². The van der Waals surface area contributed by atoms with E-state index in [-0.39, 0.29) is 5.56 Å². The maximum Gasteiger partial charge on any atom is 0.267 e. The summed E-state index contributed by atoms with van der Waals surface area (Å²) in [6.45, 7) is 2.39. The maximum absolute atomic E-state index is 11.6. The Kier molecular flexibility index (Phi) is 3.38. The van der Waals surface area contributed by atoms with E-state index in [1.165, 1.54) is 8.25 Å². The van der Waals surface area contributed by atoms with Gasteiger partial charge in [0.25, 0.3) is 5.56 Å². The van der Waals surface area contributed by atoms with Crippen LogP contribution >= 0.6 is 22.6 Å². The third-order valence-corrected chi connectivity index (χ3v) is 2.97. The summed E-state index contributed by atoms with van der Waals surface area (Å²) in [6, 6.07) is 9.66. The number of benzene rings is 1. The Morgan fingerprint density at radius 2 is 2.00 bits per heavy atom. The highest BCUT2D eigenvalue weighted by atomic mass is 127. The molecule has 0 aliphatic rings. The first-order valence-electron chi connectivity index (χ1n) is 4.93.